The van der Waals surface area contributed by atoms with Crippen LogP contribution in [0.2, 0.25) is 0 Å². The van der Waals surface area contributed by atoms with Gasteiger partial charge < -0.3 is 39.9 Å². The highest BCUT2D eigenvalue weighted by Crippen LogP contribution is 2.21. The Hall–Kier alpha value is -5.08. The summed E-state index contributed by atoms with van der Waals surface area (Å²) in [4.78, 5) is 36.3. The molecule has 0 heterocycles. The Morgan fingerprint density at radius 3 is 1.83 bits per heavy atom. The predicted molar refractivity (Wildman–Crippen MR) is 161 cm³/mol. The molecule has 0 atom stereocenters. The van der Waals surface area contributed by atoms with E-state index in [1.165, 1.54) is 66.7 Å². The SMILES string of the molecule is Nc1cc(N)cc(C(=O)OCCOCCOCCOC(=O)C=Cc2ccc(OC(=O)c3ccc(OCCC(F)(F)F)cc3)cc2)c1. The number of hydrogen-bond donors (Lipinski definition) is 2. The molecule has 0 spiro atoms. The molecule has 4 N–H and O–H groups in total. The van der Waals surface area contributed by atoms with Crippen LogP contribution in [0.3, 0.4) is 0 Å². The number of benzene rings is 3. The van der Waals surface area contributed by atoms with Gasteiger partial charge in [0.25, 0.3) is 0 Å². The van der Waals surface area contributed by atoms with Crippen molar-refractivity contribution >= 4 is 35.4 Å². The molecule has 246 valence electrons. The van der Waals surface area contributed by atoms with Gasteiger partial charge in [-0.25, -0.2) is 14.4 Å². The zero-order chi connectivity index (χ0) is 33.4. The number of esters is 3. The Balaban J connectivity index is 1.24. The fourth-order valence-corrected chi connectivity index (χ4v) is 3.59. The molecule has 0 bridgehead atoms. The van der Waals surface area contributed by atoms with E-state index in [1.807, 2.05) is 0 Å². The average Bonchev–Trinajstić information content (AvgIpc) is 3.00. The number of anilines is 2. The highest BCUT2D eigenvalue weighted by molar-refractivity contribution is 5.92. The lowest BCUT2D eigenvalue weighted by molar-refractivity contribution is -0.140. The maximum absolute atomic E-state index is 12.4. The monoisotopic (exact) mass is 646 g/mol. The van der Waals surface area contributed by atoms with Crippen LogP contribution >= 0.6 is 0 Å². The van der Waals surface area contributed by atoms with Gasteiger partial charge in [-0.15, -0.1) is 0 Å². The minimum atomic E-state index is -4.31. The summed E-state index contributed by atoms with van der Waals surface area (Å²) in [5.74, 6) is -1.35. The van der Waals surface area contributed by atoms with Gasteiger partial charge in [-0.1, -0.05) is 12.1 Å². The molecule has 11 nitrogen and oxygen atoms in total. The van der Waals surface area contributed by atoms with Crippen molar-refractivity contribution in [3.63, 3.8) is 0 Å². The van der Waals surface area contributed by atoms with E-state index in [0.29, 0.717) is 16.9 Å². The van der Waals surface area contributed by atoms with E-state index in [0.717, 1.165) is 0 Å². The summed E-state index contributed by atoms with van der Waals surface area (Å²) in [7, 11) is 0. The Morgan fingerprint density at radius 1 is 0.652 bits per heavy atom. The van der Waals surface area contributed by atoms with E-state index in [2.05, 4.69) is 0 Å². The van der Waals surface area contributed by atoms with E-state index >= 15 is 0 Å². The molecule has 0 fully saturated rings. The van der Waals surface area contributed by atoms with Gasteiger partial charge in [-0.2, -0.15) is 13.2 Å². The van der Waals surface area contributed by atoms with Crippen molar-refractivity contribution in [2.75, 3.05) is 57.7 Å². The summed E-state index contributed by atoms with van der Waals surface area (Å²) in [6.07, 6.45) is -2.63. The molecule has 0 amide bonds. The predicted octanol–water partition coefficient (Wildman–Crippen LogP) is 4.85. The molecule has 0 aliphatic rings. The van der Waals surface area contributed by atoms with Crippen LogP contribution in [0, 0.1) is 0 Å². The third-order valence-electron chi connectivity index (χ3n) is 5.76. The topological polar surface area (TPSA) is 159 Å². The molecule has 0 unspecified atom stereocenters. The summed E-state index contributed by atoms with van der Waals surface area (Å²) in [6.45, 7) is 0.357. The molecule has 0 saturated heterocycles. The second-order valence-corrected chi connectivity index (χ2v) is 9.45. The number of carbonyl (C=O) groups excluding carboxylic acids is 3. The number of hydrogen-bond acceptors (Lipinski definition) is 11. The summed E-state index contributed by atoms with van der Waals surface area (Å²) in [5, 5.41) is 0. The van der Waals surface area contributed by atoms with E-state index < -0.39 is 37.1 Å². The largest absolute Gasteiger partial charge is 0.493 e. The van der Waals surface area contributed by atoms with Gasteiger partial charge >= 0.3 is 24.1 Å². The van der Waals surface area contributed by atoms with E-state index in [1.54, 1.807) is 12.1 Å². The zero-order valence-corrected chi connectivity index (χ0v) is 24.6. The smallest absolute Gasteiger partial charge is 0.392 e. The number of carbonyl (C=O) groups is 3. The highest BCUT2D eigenvalue weighted by Gasteiger charge is 2.26. The fourth-order valence-electron chi connectivity index (χ4n) is 3.59. The summed E-state index contributed by atoms with van der Waals surface area (Å²) < 4.78 is 67.8. The van der Waals surface area contributed by atoms with E-state index in [4.69, 9.17) is 39.9 Å². The third kappa shape index (κ3) is 13.7. The minimum absolute atomic E-state index is 0.0275. The quantitative estimate of drug-likeness (QED) is 0.0679. The van der Waals surface area contributed by atoms with Crippen molar-refractivity contribution in [1.29, 1.82) is 0 Å². The second kappa shape index (κ2) is 18.0. The molecule has 3 aromatic rings. The lowest BCUT2D eigenvalue weighted by atomic mass is 10.2. The second-order valence-electron chi connectivity index (χ2n) is 9.45. The number of nitrogens with two attached hydrogens (primary N) is 2. The molecular formula is C32H33F3N2O9. The first kappa shape index (κ1) is 35.4. The number of ether oxygens (including phenoxy) is 6. The van der Waals surface area contributed by atoms with Gasteiger partial charge in [0.1, 0.15) is 24.7 Å². The maximum Gasteiger partial charge on any atom is 0.392 e. The third-order valence-corrected chi connectivity index (χ3v) is 5.76. The summed E-state index contributed by atoms with van der Waals surface area (Å²) in [6, 6.07) is 16.3. The Kier molecular flexibility index (Phi) is 13.9. The Labute approximate surface area is 262 Å². The molecule has 0 saturated carbocycles. The number of rotatable bonds is 17. The first-order valence-electron chi connectivity index (χ1n) is 13.9. The fraction of sp³-hybridized carbons (Fsp3) is 0.281. The standard InChI is InChI=1S/C32H33F3N2O9/c33-32(34,35)11-12-43-27-8-4-23(5-9-27)31(40)46-28-6-1-22(2-7-28)3-10-29(38)44-17-15-41-13-14-42-16-18-45-30(39)24-19-25(36)21-26(37)20-24/h1-10,19-21H,11-18,36-37H2. The van der Waals surface area contributed by atoms with Gasteiger partial charge in [-0.3, -0.25) is 0 Å². The average molecular weight is 647 g/mol. The summed E-state index contributed by atoms with van der Waals surface area (Å²) >= 11 is 0. The van der Waals surface area contributed by atoms with Crippen LogP contribution in [0.4, 0.5) is 24.5 Å². The number of nitrogen functional groups attached to an aromatic ring is 2. The van der Waals surface area contributed by atoms with E-state index in [-0.39, 0.29) is 62.3 Å². The molecule has 0 radical (unpaired) electrons. The number of halogens is 3. The van der Waals surface area contributed by atoms with Crippen LogP contribution in [0.25, 0.3) is 6.08 Å². The van der Waals surface area contributed by atoms with Crippen molar-refractivity contribution in [2.45, 2.75) is 12.6 Å². The molecule has 46 heavy (non-hydrogen) atoms. The van der Waals surface area contributed by atoms with Crippen LogP contribution in [-0.2, 0) is 23.7 Å². The molecule has 0 aromatic heterocycles. The van der Waals surface area contributed by atoms with Crippen molar-refractivity contribution < 1.29 is 56.0 Å². The van der Waals surface area contributed by atoms with Crippen LogP contribution in [0.15, 0.2) is 72.8 Å². The Morgan fingerprint density at radius 2 is 1.22 bits per heavy atom. The van der Waals surface area contributed by atoms with Gasteiger partial charge in [0.2, 0.25) is 0 Å². The number of alkyl halides is 3. The zero-order valence-electron chi connectivity index (χ0n) is 24.6. The lowest BCUT2D eigenvalue weighted by Gasteiger charge is -2.09. The lowest BCUT2D eigenvalue weighted by Crippen LogP contribution is -2.15. The normalized spacial score (nSPS) is 11.3. The van der Waals surface area contributed by atoms with Gasteiger partial charge in [0.05, 0.1) is 50.6 Å². The van der Waals surface area contributed by atoms with Gasteiger partial charge in [-0.05, 0) is 66.2 Å². The van der Waals surface area contributed by atoms with Gasteiger partial charge in [0, 0.05) is 17.5 Å². The van der Waals surface area contributed by atoms with Crippen molar-refractivity contribution in [3.8, 4) is 11.5 Å². The molecule has 0 aliphatic carbocycles. The molecule has 14 heteroatoms. The van der Waals surface area contributed by atoms with Gasteiger partial charge in [0.15, 0.2) is 0 Å². The van der Waals surface area contributed by atoms with Crippen molar-refractivity contribution in [1.82, 2.24) is 0 Å². The first-order chi connectivity index (χ1) is 22.0. The van der Waals surface area contributed by atoms with Crippen LogP contribution in [0.5, 0.6) is 11.5 Å². The van der Waals surface area contributed by atoms with E-state index in [9.17, 15) is 27.6 Å². The van der Waals surface area contributed by atoms with Crippen LogP contribution in [-0.4, -0.2) is 70.3 Å². The molecule has 3 rings (SSSR count). The van der Waals surface area contributed by atoms with Crippen molar-refractivity contribution in [3.05, 3.63) is 89.5 Å². The first-order valence-corrected chi connectivity index (χ1v) is 13.9. The molecule has 3 aromatic carbocycles. The summed E-state index contributed by atoms with van der Waals surface area (Å²) in [5.41, 5.74) is 13.1. The maximum atomic E-state index is 12.4. The van der Waals surface area contributed by atoms with Crippen LogP contribution < -0.4 is 20.9 Å². The minimum Gasteiger partial charge on any atom is -0.493 e. The molecule has 0 aliphatic heterocycles. The van der Waals surface area contributed by atoms with Crippen molar-refractivity contribution in [2.24, 2.45) is 0 Å². The molecular weight excluding hydrogens is 613 g/mol. The van der Waals surface area contributed by atoms with Crippen LogP contribution in [0.1, 0.15) is 32.7 Å². The highest BCUT2D eigenvalue weighted by atomic mass is 19.4. The Bertz CT molecular complexity index is 1440.